The van der Waals surface area contributed by atoms with E-state index in [1.165, 1.54) is 5.57 Å². The number of aliphatic carboxylic acids is 1. The van der Waals surface area contributed by atoms with E-state index >= 15 is 0 Å². The van der Waals surface area contributed by atoms with E-state index in [9.17, 15) is 4.79 Å². The third kappa shape index (κ3) is 1.99. The third-order valence-corrected chi connectivity index (χ3v) is 3.45. The number of carboxylic acids is 1. The van der Waals surface area contributed by atoms with Gasteiger partial charge in [0, 0.05) is 0 Å². The number of rotatable bonds is 2. The van der Waals surface area contributed by atoms with Gasteiger partial charge in [0.15, 0.2) is 0 Å². The minimum atomic E-state index is -0.639. The van der Waals surface area contributed by atoms with Gasteiger partial charge in [-0.15, -0.1) is 0 Å². The Kier molecular flexibility index (Phi) is 3.03. The van der Waals surface area contributed by atoms with Crippen LogP contribution in [-0.4, -0.2) is 11.1 Å². The number of allylic oxidation sites excluding steroid dienone is 2. The van der Waals surface area contributed by atoms with Gasteiger partial charge in [-0.05, 0) is 38.0 Å². The van der Waals surface area contributed by atoms with Crippen LogP contribution >= 0.6 is 0 Å². The lowest BCUT2D eigenvalue weighted by Crippen LogP contribution is -2.29. The van der Waals surface area contributed by atoms with E-state index in [0.29, 0.717) is 5.92 Å². The molecule has 0 aromatic carbocycles. The Morgan fingerprint density at radius 1 is 1.36 bits per heavy atom. The summed E-state index contributed by atoms with van der Waals surface area (Å²) in [6.45, 7) is 8.29. The summed E-state index contributed by atoms with van der Waals surface area (Å²) in [5, 5.41) is 9.08. The molecule has 0 radical (unpaired) electrons. The zero-order valence-electron chi connectivity index (χ0n) is 9.50. The molecule has 1 aliphatic rings. The molecular formula is C12H20O2. The van der Waals surface area contributed by atoms with Crippen LogP contribution in [0.3, 0.4) is 0 Å². The molecule has 0 amide bonds. The van der Waals surface area contributed by atoms with Crippen molar-refractivity contribution in [3.63, 3.8) is 0 Å². The van der Waals surface area contributed by atoms with Crippen LogP contribution in [-0.2, 0) is 4.79 Å². The highest BCUT2D eigenvalue weighted by Gasteiger charge is 2.45. The molecule has 1 rings (SSSR count). The van der Waals surface area contributed by atoms with Gasteiger partial charge < -0.3 is 5.11 Å². The first-order valence-corrected chi connectivity index (χ1v) is 5.23. The highest BCUT2D eigenvalue weighted by molar-refractivity contribution is 5.71. The normalized spacial score (nSPS) is 30.0. The summed E-state index contributed by atoms with van der Waals surface area (Å²) < 4.78 is 0. The van der Waals surface area contributed by atoms with Crippen LogP contribution in [0.2, 0.25) is 0 Å². The lowest BCUT2D eigenvalue weighted by Gasteiger charge is -2.29. The lowest BCUT2D eigenvalue weighted by molar-refractivity contribution is -0.145. The molecule has 1 unspecified atom stereocenters. The standard InChI is InChI=1S/C12H20O2/c1-8(2)7-9-5-6-10(11(13)14)12(9,3)4/h7,9-10H,5-6H2,1-4H3,(H,13,14)/t9?,10-/m0/s1. The third-order valence-electron chi connectivity index (χ3n) is 3.45. The fourth-order valence-corrected chi connectivity index (χ4v) is 2.49. The van der Waals surface area contributed by atoms with Crippen molar-refractivity contribution in [3.05, 3.63) is 11.6 Å². The maximum absolute atomic E-state index is 11.0. The molecule has 80 valence electrons. The first-order valence-electron chi connectivity index (χ1n) is 5.23. The summed E-state index contributed by atoms with van der Waals surface area (Å²) in [6, 6.07) is 0. The van der Waals surface area contributed by atoms with Crippen LogP contribution in [0.15, 0.2) is 11.6 Å². The van der Waals surface area contributed by atoms with Crippen molar-refractivity contribution in [3.8, 4) is 0 Å². The molecule has 0 saturated heterocycles. The topological polar surface area (TPSA) is 37.3 Å². The van der Waals surface area contributed by atoms with Gasteiger partial charge in [-0.3, -0.25) is 4.79 Å². The highest BCUT2D eigenvalue weighted by atomic mass is 16.4. The Hall–Kier alpha value is -0.790. The molecule has 14 heavy (non-hydrogen) atoms. The van der Waals surface area contributed by atoms with Crippen LogP contribution in [0.1, 0.15) is 40.5 Å². The summed E-state index contributed by atoms with van der Waals surface area (Å²) in [5.74, 6) is -0.392. The maximum atomic E-state index is 11.0. The summed E-state index contributed by atoms with van der Waals surface area (Å²) in [5.41, 5.74) is 1.19. The van der Waals surface area contributed by atoms with E-state index in [-0.39, 0.29) is 11.3 Å². The molecule has 0 aromatic heterocycles. The van der Waals surface area contributed by atoms with Crippen molar-refractivity contribution in [2.75, 3.05) is 0 Å². The number of hydrogen-bond donors (Lipinski definition) is 1. The van der Waals surface area contributed by atoms with Crippen LogP contribution in [0.5, 0.6) is 0 Å². The van der Waals surface area contributed by atoms with Crippen LogP contribution in [0, 0.1) is 17.3 Å². The highest BCUT2D eigenvalue weighted by Crippen LogP contribution is 2.48. The second kappa shape index (κ2) is 3.76. The molecule has 0 heterocycles. The van der Waals surface area contributed by atoms with Crippen molar-refractivity contribution in [1.82, 2.24) is 0 Å². The van der Waals surface area contributed by atoms with Gasteiger partial charge in [-0.1, -0.05) is 25.5 Å². The van der Waals surface area contributed by atoms with Gasteiger partial charge in [0.2, 0.25) is 0 Å². The molecule has 0 aliphatic heterocycles. The van der Waals surface area contributed by atoms with Gasteiger partial charge in [0.05, 0.1) is 5.92 Å². The Balaban J connectivity index is 2.86. The molecule has 2 nitrogen and oxygen atoms in total. The summed E-state index contributed by atoms with van der Waals surface area (Å²) in [4.78, 5) is 11.0. The Labute approximate surface area is 86.0 Å². The van der Waals surface area contributed by atoms with Crippen molar-refractivity contribution in [1.29, 1.82) is 0 Å². The average Bonchev–Trinajstić information content (AvgIpc) is 2.26. The van der Waals surface area contributed by atoms with Gasteiger partial charge >= 0.3 is 5.97 Å². The number of hydrogen-bond acceptors (Lipinski definition) is 1. The SMILES string of the molecule is CC(C)=CC1CC[C@@H](C(=O)O)C1(C)C. The predicted molar refractivity (Wildman–Crippen MR) is 57.1 cm³/mol. The molecule has 1 saturated carbocycles. The minimum Gasteiger partial charge on any atom is -0.481 e. The zero-order valence-corrected chi connectivity index (χ0v) is 9.50. The summed E-state index contributed by atoms with van der Waals surface area (Å²) in [7, 11) is 0. The monoisotopic (exact) mass is 196 g/mol. The lowest BCUT2D eigenvalue weighted by atomic mass is 9.75. The average molecular weight is 196 g/mol. The van der Waals surface area contributed by atoms with E-state index < -0.39 is 5.97 Å². The minimum absolute atomic E-state index is 0.0941. The van der Waals surface area contributed by atoms with Gasteiger partial charge in [-0.25, -0.2) is 0 Å². The quantitative estimate of drug-likeness (QED) is 0.689. The number of carboxylic acid groups (broad SMARTS) is 1. The fourth-order valence-electron chi connectivity index (χ4n) is 2.49. The van der Waals surface area contributed by atoms with Crippen LogP contribution < -0.4 is 0 Å². The van der Waals surface area contributed by atoms with E-state index in [1.807, 2.05) is 0 Å². The smallest absolute Gasteiger partial charge is 0.307 e. The maximum Gasteiger partial charge on any atom is 0.307 e. The van der Waals surface area contributed by atoms with E-state index in [0.717, 1.165) is 12.8 Å². The molecule has 2 heteroatoms. The van der Waals surface area contributed by atoms with Crippen molar-refractivity contribution < 1.29 is 9.90 Å². The second-order valence-electron chi connectivity index (χ2n) is 5.14. The molecule has 1 fully saturated rings. The molecule has 0 bridgehead atoms. The first kappa shape index (κ1) is 11.3. The van der Waals surface area contributed by atoms with Crippen LogP contribution in [0.4, 0.5) is 0 Å². The summed E-state index contributed by atoms with van der Waals surface area (Å²) in [6.07, 6.45) is 4.05. The molecular weight excluding hydrogens is 176 g/mol. The molecule has 1 aliphatic carbocycles. The predicted octanol–water partition coefficient (Wildman–Crippen LogP) is 3.09. The molecule has 0 aromatic rings. The Bertz CT molecular complexity index is 259. The molecule has 2 atom stereocenters. The van der Waals surface area contributed by atoms with E-state index in [4.69, 9.17) is 5.11 Å². The summed E-state index contributed by atoms with van der Waals surface area (Å²) >= 11 is 0. The van der Waals surface area contributed by atoms with Crippen molar-refractivity contribution >= 4 is 5.97 Å². The van der Waals surface area contributed by atoms with E-state index in [2.05, 4.69) is 33.8 Å². The second-order valence-corrected chi connectivity index (χ2v) is 5.14. The van der Waals surface area contributed by atoms with Crippen LogP contribution in [0.25, 0.3) is 0 Å². The van der Waals surface area contributed by atoms with Crippen molar-refractivity contribution in [2.24, 2.45) is 17.3 Å². The largest absolute Gasteiger partial charge is 0.481 e. The Morgan fingerprint density at radius 3 is 2.29 bits per heavy atom. The van der Waals surface area contributed by atoms with Gasteiger partial charge in [0.1, 0.15) is 0 Å². The van der Waals surface area contributed by atoms with Crippen molar-refractivity contribution in [2.45, 2.75) is 40.5 Å². The first-order chi connectivity index (χ1) is 6.35. The number of carbonyl (C=O) groups is 1. The van der Waals surface area contributed by atoms with Gasteiger partial charge in [0.25, 0.3) is 0 Å². The molecule has 1 N–H and O–H groups in total. The fraction of sp³-hybridized carbons (Fsp3) is 0.750. The van der Waals surface area contributed by atoms with E-state index in [1.54, 1.807) is 0 Å². The van der Waals surface area contributed by atoms with Gasteiger partial charge in [-0.2, -0.15) is 0 Å². The Morgan fingerprint density at radius 2 is 1.93 bits per heavy atom. The molecule has 0 spiro atoms. The zero-order chi connectivity index (χ0) is 10.9.